The Morgan fingerprint density at radius 2 is 2.21 bits per heavy atom. The topological polar surface area (TPSA) is 55.5 Å². The fraction of sp³-hybridized carbons (Fsp3) is 0.400. The molecule has 3 N–H and O–H groups in total. The van der Waals surface area contributed by atoms with Crippen molar-refractivity contribution in [3.63, 3.8) is 0 Å². The summed E-state index contributed by atoms with van der Waals surface area (Å²) >= 11 is 1.62. The summed E-state index contributed by atoms with van der Waals surface area (Å²) in [6.07, 6.45) is 1.39. The number of hydrogen-bond donors (Lipinski definition) is 2. The molecule has 0 radical (unpaired) electrons. The molecule has 0 heterocycles. The highest BCUT2D eigenvalue weighted by Crippen LogP contribution is 2.26. The maximum Gasteiger partial charge on any atom is 0.132 e. The van der Waals surface area contributed by atoms with Gasteiger partial charge in [-0.1, -0.05) is 12.1 Å². The monoisotopic (exact) mass is 213 g/mol. The fourth-order valence-electron chi connectivity index (χ4n) is 0.992. The van der Waals surface area contributed by atoms with Crippen molar-refractivity contribution in [2.75, 3.05) is 19.4 Å². The Morgan fingerprint density at radius 3 is 2.86 bits per heavy atom. The summed E-state index contributed by atoms with van der Waals surface area (Å²) in [5, 5.41) is 9.23. The molecule has 1 rings (SSSR count). The molecule has 78 valence electrons. The predicted octanol–water partition coefficient (Wildman–Crippen LogP) is 1.11. The highest BCUT2D eigenvalue weighted by Gasteiger charge is 2.05. The lowest BCUT2D eigenvalue weighted by molar-refractivity contribution is 0.112. The summed E-state index contributed by atoms with van der Waals surface area (Å²) in [6, 6.07) is 7.73. The Morgan fingerprint density at radius 1 is 1.50 bits per heavy atom. The van der Waals surface area contributed by atoms with Crippen LogP contribution in [0.15, 0.2) is 29.2 Å². The van der Waals surface area contributed by atoms with Gasteiger partial charge < -0.3 is 15.6 Å². The number of hydrogen-bond acceptors (Lipinski definition) is 4. The Bertz CT molecular complexity index is 281. The molecule has 1 aromatic rings. The molecular weight excluding hydrogens is 198 g/mol. The van der Waals surface area contributed by atoms with Gasteiger partial charge in [-0.05, 0) is 18.4 Å². The van der Waals surface area contributed by atoms with E-state index in [4.69, 9.17) is 10.5 Å². The lowest BCUT2D eigenvalue weighted by Gasteiger charge is -2.12. The minimum absolute atomic E-state index is 0.224. The van der Waals surface area contributed by atoms with E-state index in [1.54, 1.807) is 11.8 Å². The van der Waals surface area contributed by atoms with Gasteiger partial charge in [0, 0.05) is 11.4 Å². The van der Waals surface area contributed by atoms with Gasteiger partial charge in [-0.15, -0.1) is 11.8 Å². The third kappa shape index (κ3) is 3.21. The second kappa shape index (κ2) is 5.90. The number of thioether (sulfide) groups is 1. The number of aliphatic hydroxyl groups excluding tert-OH is 1. The largest absolute Gasteiger partial charge is 0.490 e. The van der Waals surface area contributed by atoms with Crippen molar-refractivity contribution in [3.05, 3.63) is 24.3 Å². The maximum atomic E-state index is 9.23. The summed E-state index contributed by atoms with van der Waals surface area (Å²) in [7, 11) is 0. The first-order chi connectivity index (χ1) is 6.77. The van der Waals surface area contributed by atoms with Gasteiger partial charge in [0.2, 0.25) is 0 Å². The van der Waals surface area contributed by atoms with Crippen LogP contribution in [-0.4, -0.2) is 30.6 Å². The molecule has 0 aromatic heterocycles. The molecule has 0 spiro atoms. The summed E-state index contributed by atoms with van der Waals surface area (Å²) in [6.45, 7) is 0.468. The molecule has 0 aliphatic rings. The molecule has 0 bridgehead atoms. The van der Waals surface area contributed by atoms with Crippen LogP contribution in [0.3, 0.4) is 0 Å². The Balaban J connectivity index is 2.57. The van der Waals surface area contributed by atoms with E-state index in [0.29, 0.717) is 0 Å². The second-order valence-electron chi connectivity index (χ2n) is 2.85. The van der Waals surface area contributed by atoms with E-state index < -0.39 is 6.10 Å². The van der Waals surface area contributed by atoms with E-state index in [1.165, 1.54) is 0 Å². The molecule has 0 fully saturated rings. The van der Waals surface area contributed by atoms with Crippen molar-refractivity contribution < 1.29 is 9.84 Å². The molecule has 0 saturated carbocycles. The quantitative estimate of drug-likeness (QED) is 0.719. The molecule has 0 amide bonds. The average molecular weight is 213 g/mol. The predicted molar refractivity (Wildman–Crippen MR) is 58.8 cm³/mol. The average Bonchev–Trinajstić information content (AvgIpc) is 2.26. The molecule has 0 aliphatic carbocycles. The number of ether oxygens (including phenoxy) is 1. The number of para-hydroxylation sites is 1. The van der Waals surface area contributed by atoms with E-state index in [1.807, 2.05) is 30.5 Å². The highest BCUT2D eigenvalue weighted by molar-refractivity contribution is 7.98. The summed E-state index contributed by atoms with van der Waals surface area (Å²) in [4.78, 5) is 1.07. The van der Waals surface area contributed by atoms with Crippen molar-refractivity contribution in [2.45, 2.75) is 11.0 Å². The third-order valence-corrected chi connectivity index (χ3v) is 2.55. The zero-order chi connectivity index (χ0) is 10.4. The molecule has 0 aliphatic heterocycles. The van der Waals surface area contributed by atoms with E-state index in [2.05, 4.69) is 0 Å². The molecule has 14 heavy (non-hydrogen) atoms. The minimum atomic E-state index is -0.593. The third-order valence-electron chi connectivity index (χ3n) is 1.77. The molecule has 1 unspecified atom stereocenters. The van der Waals surface area contributed by atoms with Crippen LogP contribution in [-0.2, 0) is 0 Å². The van der Waals surface area contributed by atoms with E-state index in [0.717, 1.165) is 10.6 Å². The first-order valence-electron chi connectivity index (χ1n) is 4.42. The van der Waals surface area contributed by atoms with E-state index >= 15 is 0 Å². The van der Waals surface area contributed by atoms with Crippen LogP contribution in [0, 0.1) is 0 Å². The lowest BCUT2D eigenvalue weighted by Crippen LogP contribution is -2.26. The normalized spacial score (nSPS) is 12.5. The van der Waals surface area contributed by atoms with Gasteiger partial charge in [-0.25, -0.2) is 0 Å². The van der Waals surface area contributed by atoms with Crippen LogP contribution >= 0.6 is 11.8 Å². The van der Waals surface area contributed by atoms with E-state index in [9.17, 15) is 5.11 Å². The Hall–Kier alpha value is -0.710. The van der Waals surface area contributed by atoms with Gasteiger partial charge in [0.15, 0.2) is 0 Å². The molecule has 1 atom stereocenters. The minimum Gasteiger partial charge on any atom is -0.490 e. The SMILES string of the molecule is CSc1ccccc1OCC(O)CN. The lowest BCUT2D eigenvalue weighted by atomic mass is 10.3. The molecular formula is C10H15NO2S. The Labute approximate surface area is 88.3 Å². The van der Waals surface area contributed by atoms with Crippen LogP contribution in [0.4, 0.5) is 0 Å². The van der Waals surface area contributed by atoms with Crippen LogP contribution in [0.25, 0.3) is 0 Å². The summed E-state index contributed by atoms with van der Waals surface area (Å²) < 4.78 is 5.43. The standard InChI is InChI=1S/C10H15NO2S/c1-14-10-5-3-2-4-9(10)13-7-8(12)6-11/h2-5,8,12H,6-7,11H2,1H3. The first-order valence-corrected chi connectivity index (χ1v) is 5.64. The first kappa shape index (κ1) is 11.4. The van der Waals surface area contributed by atoms with Gasteiger partial charge in [-0.3, -0.25) is 0 Å². The molecule has 4 heteroatoms. The zero-order valence-electron chi connectivity index (χ0n) is 8.14. The van der Waals surface area contributed by atoms with Gasteiger partial charge in [0.05, 0.1) is 0 Å². The zero-order valence-corrected chi connectivity index (χ0v) is 8.96. The van der Waals surface area contributed by atoms with Gasteiger partial charge >= 0.3 is 0 Å². The summed E-state index contributed by atoms with van der Waals surface area (Å²) in [5.41, 5.74) is 5.27. The Kier molecular flexibility index (Phi) is 4.79. The highest BCUT2D eigenvalue weighted by atomic mass is 32.2. The second-order valence-corrected chi connectivity index (χ2v) is 3.70. The van der Waals surface area contributed by atoms with E-state index in [-0.39, 0.29) is 13.2 Å². The van der Waals surface area contributed by atoms with Gasteiger partial charge in [0.25, 0.3) is 0 Å². The van der Waals surface area contributed by atoms with Crippen molar-refractivity contribution in [1.29, 1.82) is 0 Å². The molecule has 0 saturated heterocycles. The van der Waals surface area contributed by atoms with Gasteiger partial charge in [-0.2, -0.15) is 0 Å². The van der Waals surface area contributed by atoms with Crippen molar-refractivity contribution in [3.8, 4) is 5.75 Å². The van der Waals surface area contributed by atoms with Crippen molar-refractivity contribution >= 4 is 11.8 Å². The smallest absolute Gasteiger partial charge is 0.132 e. The number of nitrogens with two attached hydrogens (primary N) is 1. The fourth-order valence-corrected chi connectivity index (χ4v) is 1.53. The van der Waals surface area contributed by atoms with Crippen LogP contribution in [0.5, 0.6) is 5.75 Å². The summed E-state index contributed by atoms with van der Waals surface area (Å²) in [5.74, 6) is 0.799. The molecule has 3 nitrogen and oxygen atoms in total. The van der Waals surface area contributed by atoms with Gasteiger partial charge in [0.1, 0.15) is 18.5 Å². The van der Waals surface area contributed by atoms with Crippen LogP contribution in [0.1, 0.15) is 0 Å². The number of aliphatic hydroxyl groups is 1. The number of rotatable bonds is 5. The van der Waals surface area contributed by atoms with Crippen molar-refractivity contribution in [2.24, 2.45) is 5.73 Å². The van der Waals surface area contributed by atoms with Crippen LogP contribution < -0.4 is 10.5 Å². The maximum absolute atomic E-state index is 9.23. The van der Waals surface area contributed by atoms with Crippen molar-refractivity contribution in [1.82, 2.24) is 0 Å². The van der Waals surface area contributed by atoms with Crippen LogP contribution in [0.2, 0.25) is 0 Å². The molecule has 1 aromatic carbocycles. The number of benzene rings is 1.